The number of ether oxygens (including phenoxy) is 2. The van der Waals surface area contributed by atoms with Crippen molar-refractivity contribution < 1.29 is 14.8 Å². The van der Waals surface area contributed by atoms with E-state index in [1.54, 1.807) is 17.5 Å². The third-order valence-corrected chi connectivity index (χ3v) is 6.44. The van der Waals surface area contributed by atoms with Crippen molar-refractivity contribution in [1.82, 2.24) is 9.97 Å². The molecule has 3 aromatic rings. The summed E-state index contributed by atoms with van der Waals surface area (Å²) < 4.78 is 12.2. The molecule has 3 N–H and O–H groups in total. The predicted molar refractivity (Wildman–Crippen MR) is 113 cm³/mol. The van der Waals surface area contributed by atoms with Crippen LogP contribution in [-0.2, 0) is 16.0 Å². The Morgan fingerprint density at radius 2 is 2.10 bits per heavy atom. The third kappa shape index (κ3) is 3.93. The number of hydrogen-bond donors (Lipinski definition) is 2. The lowest BCUT2D eigenvalue weighted by molar-refractivity contribution is -0.707. The van der Waals surface area contributed by atoms with Crippen LogP contribution in [0.4, 0.5) is 5.95 Å². The second-order valence-corrected chi connectivity index (χ2v) is 8.45. The molecule has 1 aromatic carbocycles. The van der Waals surface area contributed by atoms with Gasteiger partial charge in [0.25, 0.3) is 0 Å². The average Bonchev–Trinajstić information content (AvgIpc) is 3.53. The Bertz CT molecular complexity index is 1050. The van der Waals surface area contributed by atoms with E-state index in [-0.39, 0.29) is 24.3 Å². The van der Waals surface area contributed by atoms with Gasteiger partial charge in [-0.3, -0.25) is 0 Å². The Balaban J connectivity index is 1.21. The van der Waals surface area contributed by atoms with Gasteiger partial charge in [-0.1, -0.05) is 18.2 Å². The van der Waals surface area contributed by atoms with Gasteiger partial charge in [0.15, 0.2) is 0 Å². The molecule has 30 heavy (non-hydrogen) atoms. The van der Waals surface area contributed by atoms with E-state index in [4.69, 9.17) is 14.7 Å². The molecule has 4 atom stereocenters. The molecule has 7 nitrogen and oxygen atoms in total. The molecule has 2 aromatic heterocycles. The highest BCUT2D eigenvalue weighted by atomic mass is 32.1. The molecule has 2 aliphatic heterocycles. The molecule has 2 aliphatic rings. The highest BCUT2D eigenvalue weighted by Crippen LogP contribution is 2.28. The topological polar surface area (TPSA) is 96.7 Å². The van der Waals surface area contributed by atoms with Crippen molar-refractivity contribution in [2.75, 3.05) is 18.5 Å². The van der Waals surface area contributed by atoms with Crippen LogP contribution in [0.2, 0.25) is 0 Å². The first-order valence-corrected chi connectivity index (χ1v) is 10.9. The summed E-state index contributed by atoms with van der Waals surface area (Å²) in [6.07, 6.45) is 1.78. The summed E-state index contributed by atoms with van der Waals surface area (Å²) in [5, 5.41) is 16.8. The van der Waals surface area contributed by atoms with E-state index >= 15 is 0 Å². The summed E-state index contributed by atoms with van der Waals surface area (Å²) in [6.45, 7) is 2.00. The number of nitrogens with zero attached hydrogens (tertiary/aromatic N) is 3. The minimum atomic E-state index is -0.0225. The second kappa shape index (κ2) is 8.50. The number of rotatable bonds is 6. The minimum Gasteiger partial charge on any atom is -0.367 e. The van der Waals surface area contributed by atoms with Crippen LogP contribution in [0.5, 0.6) is 0 Å². The van der Waals surface area contributed by atoms with Gasteiger partial charge in [-0.15, -0.1) is 11.3 Å². The van der Waals surface area contributed by atoms with Crippen molar-refractivity contribution in [3.63, 3.8) is 0 Å². The molecule has 8 heteroatoms. The summed E-state index contributed by atoms with van der Waals surface area (Å²) in [7, 11) is 0. The van der Waals surface area contributed by atoms with Gasteiger partial charge in [0.1, 0.15) is 31.4 Å². The van der Waals surface area contributed by atoms with E-state index in [2.05, 4.69) is 32.7 Å². The fraction of sp³-hybridized carbons (Fsp3) is 0.318. The lowest BCUT2D eigenvalue weighted by Crippen LogP contribution is -2.91. The number of nitrogens with one attached hydrogen (secondary N) is 1. The second-order valence-electron chi connectivity index (χ2n) is 7.51. The molecular weight excluding hydrogens is 398 g/mol. The fourth-order valence-electron chi connectivity index (χ4n) is 4.07. The first-order valence-electron chi connectivity index (χ1n) is 9.99. The zero-order chi connectivity index (χ0) is 20.3. The first-order chi connectivity index (χ1) is 14.8. The minimum absolute atomic E-state index is 0.0221. The zero-order valence-electron chi connectivity index (χ0n) is 16.3. The Morgan fingerprint density at radius 3 is 2.97 bits per heavy atom. The molecule has 0 saturated carbocycles. The van der Waals surface area contributed by atoms with Crippen molar-refractivity contribution in [3.05, 3.63) is 65.2 Å². The van der Waals surface area contributed by atoms with Crippen LogP contribution < -0.4 is 10.6 Å². The number of aromatic nitrogens is 2. The van der Waals surface area contributed by atoms with Gasteiger partial charge < -0.3 is 20.1 Å². The molecule has 0 radical (unpaired) electrons. The van der Waals surface area contributed by atoms with Gasteiger partial charge in [-0.2, -0.15) is 5.26 Å². The number of benzene rings is 1. The van der Waals surface area contributed by atoms with Crippen LogP contribution in [0.15, 0.2) is 54.0 Å². The monoisotopic (exact) mass is 420 g/mol. The fourth-order valence-corrected chi connectivity index (χ4v) is 4.76. The number of quaternary nitrogens is 1. The van der Waals surface area contributed by atoms with E-state index in [0.29, 0.717) is 24.7 Å². The van der Waals surface area contributed by atoms with Gasteiger partial charge in [-0.25, -0.2) is 9.97 Å². The molecule has 152 valence electrons. The quantitative estimate of drug-likeness (QED) is 0.631. The third-order valence-electron chi connectivity index (χ3n) is 5.55. The Labute approximate surface area is 178 Å². The smallest absolute Gasteiger partial charge is 0.223 e. The Hall–Kier alpha value is -2.83. The van der Waals surface area contributed by atoms with E-state index < -0.39 is 0 Å². The SMILES string of the molecule is N#Cc1cccc(C[NH2+][C@H]2CO[C@H]3[C@@H]2OC[C@@H]3Nc2nccc(-c3cccs3)n2)c1. The van der Waals surface area contributed by atoms with Gasteiger partial charge in [0.2, 0.25) is 5.95 Å². The summed E-state index contributed by atoms with van der Waals surface area (Å²) in [4.78, 5) is 10.1. The molecular formula is C22H22N5O2S+. The maximum absolute atomic E-state index is 9.07. The molecule has 2 fully saturated rings. The van der Waals surface area contributed by atoms with E-state index in [1.165, 1.54) is 0 Å². The number of thiophene rings is 1. The summed E-state index contributed by atoms with van der Waals surface area (Å²) in [5.41, 5.74) is 2.73. The van der Waals surface area contributed by atoms with Crippen LogP contribution >= 0.6 is 11.3 Å². The van der Waals surface area contributed by atoms with Gasteiger partial charge in [0, 0.05) is 11.8 Å². The lowest BCUT2D eigenvalue weighted by atomic mass is 10.1. The maximum Gasteiger partial charge on any atom is 0.223 e. The van der Waals surface area contributed by atoms with Crippen molar-refractivity contribution in [2.24, 2.45) is 0 Å². The number of nitriles is 1. The molecule has 0 unspecified atom stereocenters. The van der Waals surface area contributed by atoms with E-state index in [1.807, 2.05) is 41.8 Å². The van der Waals surface area contributed by atoms with Crippen molar-refractivity contribution in [3.8, 4) is 16.6 Å². The van der Waals surface area contributed by atoms with Crippen molar-refractivity contribution in [2.45, 2.75) is 30.8 Å². The zero-order valence-corrected chi connectivity index (χ0v) is 17.1. The highest BCUT2D eigenvalue weighted by Gasteiger charge is 2.49. The molecule has 0 spiro atoms. The van der Waals surface area contributed by atoms with Crippen LogP contribution in [-0.4, -0.2) is 47.5 Å². The number of anilines is 1. The van der Waals surface area contributed by atoms with Gasteiger partial charge in [-0.05, 0) is 29.6 Å². The van der Waals surface area contributed by atoms with E-state index in [9.17, 15) is 0 Å². The average molecular weight is 421 g/mol. The largest absolute Gasteiger partial charge is 0.367 e. The predicted octanol–water partition coefficient (Wildman–Crippen LogP) is 1.79. The van der Waals surface area contributed by atoms with Crippen LogP contribution in [0.3, 0.4) is 0 Å². The normalized spacial score (nSPS) is 25.0. The molecule has 0 amide bonds. The number of hydrogen-bond acceptors (Lipinski definition) is 7. The number of fused-ring (bicyclic) bond motifs is 1. The van der Waals surface area contributed by atoms with Crippen LogP contribution in [0.25, 0.3) is 10.6 Å². The Morgan fingerprint density at radius 1 is 1.17 bits per heavy atom. The number of nitrogens with two attached hydrogens (primary N) is 1. The van der Waals surface area contributed by atoms with Crippen LogP contribution in [0.1, 0.15) is 11.1 Å². The summed E-state index contributed by atoms with van der Waals surface area (Å²) in [6, 6.07) is 16.2. The van der Waals surface area contributed by atoms with Gasteiger partial charge in [0.05, 0.1) is 34.9 Å². The van der Waals surface area contributed by atoms with Crippen molar-refractivity contribution in [1.29, 1.82) is 5.26 Å². The summed E-state index contributed by atoms with van der Waals surface area (Å²) in [5.74, 6) is 0.597. The molecule has 0 aliphatic carbocycles. The van der Waals surface area contributed by atoms with Gasteiger partial charge >= 0.3 is 0 Å². The Kier molecular flexibility index (Phi) is 5.43. The van der Waals surface area contributed by atoms with E-state index in [0.717, 1.165) is 22.7 Å². The first kappa shape index (κ1) is 19.2. The van der Waals surface area contributed by atoms with Crippen LogP contribution in [0, 0.1) is 11.3 Å². The summed E-state index contributed by atoms with van der Waals surface area (Å²) >= 11 is 1.66. The molecule has 0 bridgehead atoms. The standard InChI is InChI=1S/C22H21N5O2S/c23-10-14-3-1-4-15(9-14)11-25-17-12-28-21-18(13-29-20(17)21)27-22-24-7-6-16(26-22)19-5-2-8-30-19/h1-9,17-18,20-21,25H,11-13H2,(H,24,26,27)/p+1/t17-,18-,20+,21+/m0/s1. The molecule has 2 saturated heterocycles. The molecule has 5 rings (SSSR count). The maximum atomic E-state index is 9.07. The van der Waals surface area contributed by atoms with Crippen molar-refractivity contribution >= 4 is 17.3 Å². The molecule has 4 heterocycles. The highest BCUT2D eigenvalue weighted by molar-refractivity contribution is 7.13. The lowest BCUT2D eigenvalue weighted by Gasteiger charge is -2.17.